The molecule has 0 saturated heterocycles. The smallest absolute Gasteiger partial charge is 0.261 e. The maximum atomic E-state index is 14.1. The van der Waals surface area contributed by atoms with Gasteiger partial charge in [0.2, 0.25) is 0 Å². The van der Waals surface area contributed by atoms with E-state index in [0.717, 1.165) is 19.2 Å². The summed E-state index contributed by atoms with van der Waals surface area (Å²) >= 11 is 7.34. The van der Waals surface area contributed by atoms with Crippen molar-refractivity contribution < 1.29 is 13.6 Å². The van der Waals surface area contributed by atoms with Gasteiger partial charge in [0.15, 0.2) is 5.13 Å². The largest absolute Gasteiger partial charge is 0.302 e. The summed E-state index contributed by atoms with van der Waals surface area (Å²) in [7, 11) is 0. The van der Waals surface area contributed by atoms with Gasteiger partial charge in [-0.2, -0.15) is 0 Å². The van der Waals surface area contributed by atoms with Gasteiger partial charge in [-0.25, -0.2) is 13.8 Å². The van der Waals surface area contributed by atoms with Gasteiger partial charge in [-0.05, 0) is 43.4 Å². The molecule has 3 rings (SSSR count). The number of hydrogen-bond donors (Lipinski definition) is 0. The average molecular weight is 424 g/mol. The maximum absolute atomic E-state index is 14.1. The Morgan fingerprint density at radius 2 is 1.89 bits per heavy atom. The van der Waals surface area contributed by atoms with Gasteiger partial charge in [0, 0.05) is 13.1 Å². The molecular formula is C20H20ClF2N3OS. The second-order valence-electron chi connectivity index (χ2n) is 6.19. The number of thiazole rings is 1. The van der Waals surface area contributed by atoms with Gasteiger partial charge in [0.25, 0.3) is 5.91 Å². The number of hydrogen-bond acceptors (Lipinski definition) is 4. The van der Waals surface area contributed by atoms with Crippen molar-refractivity contribution in [2.24, 2.45) is 0 Å². The molecular weight excluding hydrogens is 404 g/mol. The lowest BCUT2D eigenvalue weighted by atomic mass is 10.2. The first-order chi connectivity index (χ1) is 13.4. The van der Waals surface area contributed by atoms with E-state index in [4.69, 9.17) is 11.6 Å². The number of carbonyl (C=O) groups is 1. The summed E-state index contributed by atoms with van der Waals surface area (Å²) in [6, 6.07) is 8.37. The van der Waals surface area contributed by atoms with Gasteiger partial charge < -0.3 is 4.90 Å². The van der Waals surface area contributed by atoms with Crippen molar-refractivity contribution >= 4 is 44.2 Å². The number of para-hydroxylation sites is 1. The maximum Gasteiger partial charge on any atom is 0.261 e. The SMILES string of the molecule is CCN(CC)CCN(C(=O)c1ccc(F)cc1Cl)c1nc2c(F)cccc2s1. The highest BCUT2D eigenvalue weighted by Crippen LogP contribution is 2.32. The van der Waals surface area contributed by atoms with Crippen LogP contribution in [0, 0.1) is 11.6 Å². The lowest BCUT2D eigenvalue weighted by molar-refractivity contribution is 0.0984. The van der Waals surface area contributed by atoms with Crippen LogP contribution in [0.3, 0.4) is 0 Å². The van der Waals surface area contributed by atoms with Crippen molar-refractivity contribution in [1.82, 2.24) is 9.88 Å². The van der Waals surface area contributed by atoms with E-state index in [2.05, 4.69) is 9.88 Å². The van der Waals surface area contributed by atoms with Crippen LogP contribution in [-0.2, 0) is 0 Å². The van der Waals surface area contributed by atoms with Gasteiger partial charge in [0.05, 0.1) is 15.3 Å². The van der Waals surface area contributed by atoms with E-state index >= 15 is 0 Å². The van der Waals surface area contributed by atoms with Crippen LogP contribution in [0.4, 0.5) is 13.9 Å². The minimum absolute atomic E-state index is 0.0325. The Labute approximate surface area is 171 Å². The van der Waals surface area contributed by atoms with Crippen LogP contribution in [0.1, 0.15) is 24.2 Å². The predicted octanol–water partition coefficient (Wildman–Crippen LogP) is 5.22. The van der Waals surface area contributed by atoms with Crippen molar-refractivity contribution in [2.45, 2.75) is 13.8 Å². The molecule has 0 fully saturated rings. The summed E-state index contributed by atoms with van der Waals surface area (Å²) < 4.78 is 28.1. The molecule has 0 atom stereocenters. The molecule has 1 amide bonds. The zero-order valence-corrected chi connectivity index (χ0v) is 17.2. The van der Waals surface area contributed by atoms with Crippen LogP contribution in [0.5, 0.6) is 0 Å². The van der Waals surface area contributed by atoms with Gasteiger partial charge >= 0.3 is 0 Å². The average Bonchev–Trinajstić information content (AvgIpc) is 3.10. The van der Waals surface area contributed by atoms with Crippen molar-refractivity contribution in [2.75, 3.05) is 31.1 Å². The number of rotatable bonds is 7. The van der Waals surface area contributed by atoms with E-state index in [1.54, 1.807) is 12.1 Å². The number of likely N-dealkylation sites (N-methyl/N-ethyl adjacent to an activating group) is 1. The molecule has 0 aliphatic carbocycles. The van der Waals surface area contributed by atoms with Crippen molar-refractivity contribution in [3.05, 3.63) is 58.6 Å². The van der Waals surface area contributed by atoms with Crippen LogP contribution in [0.2, 0.25) is 5.02 Å². The van der Waals surface area contributed by atoms with E-state index in [9.17, 15) is 13.6 Å². The zero-order chi connectivity index (χ0) is 20.3. The number of halogens is 3. The Hall–Kier alpha value is -2.09. The normalized spacial score (nSPS) is 11.4. The summed E-state index contributed by atoms with van der Waals surface area (Å²) in [6.07, 6.45) is 0. The lowest BCUT2D eigenvalue weighted by Crippen LogP contribution is -2.39. The first-order valence-corrected chi connectivity index (χ1v) is 10.2. The Bertz CT molecular complexity index is 991. The highest BCUT2D eigenvalue weighted by molar-refractivity contribution is 7.22. The first kappa shape index (κ1) is 20.6. The highest BCUT2D eigenvalue weighted by atomic mass is 35.5. The fourth-order valence-corrected chi connectivity index (χ4v) is 4.14. The van der Waals surface area contributed by atoms with Gasteiger partial charge in [0.1, 0.15) is 17.2 Å². The minimum atomic E-state index is -0.515. The van der Waals surface area contributed by atoms with Gasteiger partial charge in [-0.3, -0.25) is 9.69 Å². The Kier molecular flexibility index (Phi) is 6.59. The van der Waals surface area contributed by atoms with E-state index in [1.165, 1.54) is 34.4 Å². The molecule has 2 aromatic carbocycles. The molecule has 0 aliphatic rings. The van der Waals surface area contributed by atoms with E-state index in [-0.39, 0.29) is 16.1 Å². The fraction of sp³-hybridized carbons (Fsp3) is 0.300. The molecule has 1 heterocycles. The predicted molar refractivity (Wildman–Crippen MR) is 110 cm³/mol. The van der Waals surface area contributed by atoms with E-state index in [0.29, 0.717) is 22.9 Å². The third-order valence-corrected chi connectivity index (χ3v) is 5.89. The fourth-order valence-electron chi connectivity index (χ4n) is 2.89. The van der Waals surface area contributed by atoms with Gasteiger partial charge in [-0.15, -0.1) is 0 Å². The molecule has 1 aromatic heterocycles. The molecule has 4 nitrogen and oxygen atoms in total. The first-order valence-electron chi connectivity index (χ1n) is 8.98. The van der Waals surface area contributed by atoms with Crippen LogP contribution < -0.4 is 4.90 Å². The number of carbonyl (C=O) groups excluding carboxylic acids is 1. The molecule has 148 valence electrons. The van der Waals surface area contributed by atoms with Crippen molar-refractivity contribution in [3.63, 3.8) is 0 Å². The van der Waals surface area contributed by atoms with Crippen molar-refractivity contribution in [1.29, 1.82) is 0 Å². The lowest BCUT2D eigenvalue weighted by Gasteiger charge is -2.25. The summed E-state index contributed by atoms with van der Waals surface area (Å²) in [6.45, 7) is 6.74. The molecule has 0 spiro atoms. The minimum Gasteiger partial charge on any atom is -0.302 e. The number of aromatic nitrogens is 1. The van der Waals surface area contributed by atoms with Gasteiger partial charge in [-0.1, -0.05) is 42.9 Å². The third-order valence-electron chi connectivity index (χ3n) is 4.53. The summed E-state index contributed by atoms with van der Waals surface area (Å²) in [5, 5.41) is 0.419. The Morgan fingerprint density at radius 1 is 1.14 bits per heavy atom. The third kappa shape index (κ3) is 4.32. The molecule has 0 radical (unpaired) electrons. The van der Waals surface area contributed by atoms with Crippen LogP contribution in [0.25, 0.3) is 10.2 Å². The summed E-state index contributed by atoms with van der Waals surface area (Å²) in [4.78, 5) is 21.2. The van der Waals surface area contributed by atoms with E-state index in [1.807, 2.05) is 13.8 Å². The monoisotopic (exact) mass is 423 g/mol. The molecule has 8 heteroatoms. The van der Waals surface area contributed by atoms with E-state index < -0.39 is 17.5 Å². The van der Waals surface area contributed by atoms with Crippen LogP contribution >= 0.6 is 22.9 Å². The molecule has 0 bridgehead atoms. The Balaban J connectivity index is 2.00. The van der Waals surface area contributed by atoms with Crippen LogP contribution in [-0.4, -0.2) is 42.0 Å². The number of fused-ring (bicyclic) bond motifs is 1. The number of amides is 1. The zero-order valence-electron chi connectivity index (χ0n) is 15.6. The number of benzene rings is 2. The standard InChI is InChI=1S/C20H20ClF2N3OS/c1-3-25(4-2)10-11-26(19(27)14-9-8-13(22)12-15(14)21)20-24-18-16(23)6-5-7-17(18)28-20/h5-9,12H,3-4,10-11H2,1-2H3. The van der Waals surface area contributed by atoms with Crippen molar-refractivity contribution in [3.8, 4) is 0 Å². The number of anilines is 1. The summed E-state index contributed by atoms with van der Waals surface area (Å²) in [5.41, 5.74) is 0.413. The molecule has 3 aromatic rings. The second kappa shape index (κ2) is 8.94. The second-order valence-corrected chi connectivity index (χ2v) is 7.61. The molecule has 0 aliphatic heterocycles. The number of nitrogens with zero attached hydrogens (tertiary/aromatic N) is 3. The molecule has 0 unspecified atom stereocenters. The molecule has 0 saturated carbocycles. The molecule has 28 heavy (non-hydrogen) atoms. The molecule has 0 N–H and O–H groups in total. The highest BCUT2D eigenvalue weighted by Gasteiger charge is 2.24. The quantitative estimate of drug-likeness (QED) is 0.523. The summed E-state index contributed by atoms with van der Waals surface area (Å²) in [5.74, 6) is -1.34. The topological polar surface area (TPSA) is 36.4 Å². The Morgan fingerprint density at radius 3 is 2.54 bits per heavy atom. The van der Waals surface area contributed by atoms with Crippen LogP contribution in [0.15, 0.2) is 36.4 Å².